The molecule has 2 aromatic rings. The van der Waals surface area contributed by atoms with E-state index in [1.807, 2.05) is 0 Å². The van der Waals surface area contributed by atoms with Crippen LogP contribution in [0.15, 0.2) is 35.1 Å². The van der Waals surface area contributed by atoms with Gasteiger partial charge in [-0.15, -0.1) is 0 Å². The van der Waals surface area contributed by atoms with Crippen molar-refractivity contribution in [3.8, 4) is 5.75 Å². The van der Waals surface area contributed by atoms with Gasteiger partial charge in [-0.1, -0.05) is 0 Å². The van der Waals surface area contributed by atoms with E-state index >= 15 is 0 Å². The van der Waals surface area contributed by atoms with E-state index in [2.05, 4.69) is 4.74 Å². The fourth-order valence-electron chi connectivity index (χ4n) is 1.11. The molecule has 13 heavy (non-hydrogen) atoms. The second-order valence-electron chi connectivity index (χ2n) is 2.53. The van der Waals surface area contributed by atoms with Crippen LogP contribution in [0.1, 0.15) is 0 Å². The molecule has 2 rings (SSSR count). The Morgan fingerprint density at radius 3 is 2.85 bits per heavy atom. The maximum absolute atomic E-state index is 10.2. The number of rotatable bonds is 1. The number of fused-ring (bicyclic) bond motifs is 1. The average Bonchev–Trinajstić information content (AvgIpc) is 2.49. The molecule has 1 aromatic carbocycles. The molecule has 1 N–H and O–H groups in total. The average molecular weight is 178 g/mol. The summed E-state index contributed by atoms with van der Waals surface area (Å²) in [7, 11) is 0. The normalized spacial score (nSPS) is 10.2. The summed E-state index contributed by atoms with van der Waals surface area (Å²) in [5, 5.41) is 10.1. The molecule has 0 aliphatic carbocycles. The highest BCUT2D eigenvalue weighted by atomic mass is 16.7. The molecule has 4 heteroatoms. The van der Waals surface area contributed by atoms with Crippen LogP contribution in [0.3, 0.4) is 0 Å². The summed E-state index contributed by atoms with van der Waals surface area (Å²) in [4.78, 5) is 10.2. The first-order valence-corrected chi connectivity index (χ1v) is 3.62. The van der Waals surface area contributed by atoms with Crippen LogP contribution in [0, 0.1) is 0 Å². The smallest absolute Gasteiger partial charge is 0.471 e. The second kappa shape index (κ2) is 2.82. The molecule has 0 fully saturated rings. The van der Waals surface area contributed by atoms with Crippen LogP contribution in [0.5, 0.6) is 5.75 Å². The summed E-state index contributed by atoms with van der Waals surface area (Å²) in [6, 6.07) is 4.91. The Hall–Kier alpha value is -1.97. The van der Waals surface area contributed by atoms with Gasteiger partial charge in [0, 0.05) is 10.8 Å². The summed E-state index contributed by atoms with van der Waals surface area (Å²) in [5.74, 6) is 0.293. The van der Waals surface area contributed by atoms with Gasteiger partial charge in [0.25, 0.3) is 0 Å². The van der Waals surface area contributed by atoms with Crippen molar-refractivity contribution in [3.63, 3.8) is 0 Å². The van der Waals surface area contributed by atoms with Crippen LogP contribution in [0.2, 0.25) is 0 Å². The van der Waals surface area contributed by atoms with Crippen LogP contribution in [-0.4, -0.2) is 11.3 Å². The van der Waals surface area contributed by atoms with Gasteiger partial charge in [0.1, 0.15) is 5.75 Å². The van der Waals surface area contributed by atoms with E-state index < -0.39 is 6.16 Å². The summed E-state index contributed by atoms with van der Waals surface area (Å²) in [6.45, 7) is 0. The van der Waals surface area contributed by atoms with Gasteiger partial charge in [-0.3, -0.25) is 0 Å². The molecule has 1 aromatic heterocycles. The molecule has 4 nitrogen and oxygen atoms in total. The predicted molar refractivity (Wildman–Crippen MR) is 44.9 cm³/mol. The Morgan fingerprint density at radius 2 is 2.08 bits per heavy atom. The van der Waals surface area contributed by atoms with E-state index in [-0.39, 0.29) is 0 Å². The van der Waals surface area contributed by atoms with E-state index in [4.69, 9.17) is 9.52 Å². The molecule has 0 spiro atoms. The zero-order chi connectivity index (χ0) is 9.26. The lowest BCUT2D eigenvalue weighted by molar-refractivity contribution is 0.144. The van der Waals surface area contributed by atoms with Crippen molar-refractivity contribution in [3.05, 3.63) is 30.7 Å². The Morgan fingerprint density at radius 1 is 1.31 bits per heavy atom. The predicted octanol–water partition coefficient (Wildman–Crippen LogP) is 2.49. The Labute approximate surface area is 73.3 Å². The van der Waals surface area contributed by atoms with Crippen LogP contribution < -0.4 is 4.74 Å². The van der Waals surface area contributed by atoms with E-state index in [9.17, 15) is 4.79 Å². The number of hydrogen-bond donors (Lipinski definition) is 1. The van der Waals surface area contributed by atoms with Gasteiger partial charge in [0.15, 0.2) is 0 Å². The summed E-state index contributed by atoms with van der Waals surface area (Å²) < 4.78 is 9.39. The highest BCUT2D eigenvalue weighted by Crippen LogP contribution is 2.21. The second-order valence-corrected chi connectivity index (χ2v) is 2.53. The van der Waals surface area contributed by atoms with Gasteiger partial charge < -0.3 is 14.3 Å². The monoisotopic (exact) mass is 178 g/mol. The van der Waals surface area contributed by atoms with E-state index in [0.29, 0.717) is 5.75 Å². The van der Waals surface area contributed by atoms with Crippen LogP contribution in [-0.2, 0) is 0 Å². The zero-order valence-electron chi connectivity index (χ0n) is 6.56. The molecule has 1 heterocycles. The van der Waals surface area contributed by atoms with Crippen molar-refractivity contribution in [1.29, 1.82) is 0 Å². The van der Waals surface area contributed by atoms with Gasteiger partial charge in [-0.05, 0) is 18.2 Å². The summed E-state index contributed by atoms with van der Waals surface area (Å²) in [5.41, 5.74) is 0. The number of benzene rings is 1. The van der Waals surface area contributed by atoms with Crippen molar-refractivity contribution in [2.24, 2.45) is 0 Å². The zero-order valence-corrected chi connectivity index (χ0v) is 6.56. The van der Waals surface area contributed by atoms with Gasteiger partial charge in [0.05, 0.1) is 12.5 Å². The topological polar surface area (TPSA) is 59.7 Å². The fourth-order valence-corrected chi connectivity index (χ4v) is 1.11. The van der Waals surface area contributed by atoms with Crippen molar-refractivity contribution in [2.75, 3.05) is 0 Å². The molecule has 0 radical (unpaired) electrons. The van der Waals surface area contributed by atoms with Gasteiger partial charge in [0.2, 0.25) is 0 Å². The first-order valence-electron chi connectivity index (χ1n) is 3.62. The highest BCUT2D eigenvalue weighted by Gasteiger charge is 2.02. The number of carbonyl (C=O) groups is 1. The van der Waals surface area contributed by atoms with E-state index in [1.54, 1.807) is 24.5 Å². The third-order valence-corrected chi connectivity index (χ3v) is 1.65. The number of hydrogen-bond acceptors (Lipinski definition) is 3. The van der Waals surface area contributed by atoms with E-state index in [0.717, 1.165) is 10.8 Å². The first kappa shape index (κ1) is 7.67. The Kier molecular flexibility index (Phi) is 1.66. The Bertz CT molecular complexity index is 444. The SMILES string of the molecule is O=C(O)Oc1ccc2cocc2c1. The third-order valence-electron chi connectivity index (χ3n) is 1.65. The molecule has 0 aliphatic heterocycles. The standard InChI is InChI=1S/C9H6O4/c10-9(11)13-8-2-1-6-4-12-5-7(6)3-8/h1-5H,(H,10,11). The Balaban J connectivity index is 2.42. The quantitative estimate of drug-likeness (QED) is 0.538. The molecular formula is C9H6O4. The van der Waals surface area contributed by atoms with Crippen LogP contribution in [0.25, 0.3) is 10.8 Å². The molecule has 0 saturated heterocycles. The maximum Gasteiger partial charge on any atom is 0.511 e. The molecule has 0 atom stereocenters. The van der Waals surface area contributed by atoms with Crippen molar-refractivity contribution in [1.82, 2.24) is 0 Å². The van der Waals surface area contributed by atoms with Gasteiger partial charge in [-0.2, -0.15) is 0 Å². The van der Waals surface area contributed by atoms with Gasteiger partial charge >= 0.3 is 6.16 Å². The minimum Gasteiger partial charge on any atom is -0.471 e. The van der Waals surface area contributed by atoms with Gasteiger partial charge in [-0.25, -0.2) is 4.79 Å². The number of ether oxygens (including phenoxy) is 1. The van der Waals surface area contributed by atoms with Crippen molar-refractivity contribution in [2.45, 2.75) is 0 Å². The van der Waals surface area contributed by atoms with Crippen LogP contribution in [0.4, 0.5) is 4.79 Å². The molecule has 0 saturated carbocycles. The lowest BCUT2D eigenvalue weighted by Gasteiger charge is -1.97. The number of furan rings is 1. The van der Waals surface area contributed by atoms with Crippen molar-refractivity contribution < 1.29 is 19.1 Å². The largest absolute Gasteiger partial charge is 0.511 e. The van der Waals surface area contributed by atoms with Crippen molar-refractivity contribution >= 4 is 16.9 Å². The maximum atomic E-state index is 10.2. The molecule has 0 amide bonds. The van der Waals surface area contributed by atoms with Crippen LogP contribution >= 0.6 is 0 Å². The fraction of sp³-hybridized carbons (Fsp3) is 0. The molecule has 0 aliphatic rings. The summed E-state index contributed by atoms with van der Waals surface area (Å²) in [6.07, 6.45) is 1.80. The molecule has 0 unspecified atom stereocenters. The molecular weight excluding hydrogens is 172 g/mol. The lowest BCUT2D eigenvalue weighted by atomic mass is 10.2. The minimum atomic E-state index is -1.32. The van der Waals surface area contributed by atoms with E-state index in [1.165, 1.54) is 6.26 Å². The molecule has 66 valence electrons. The number of carboxylic acid groups (broad SMARTS) is 1. The highest BCUT2D eigenvalue weighted by molar-refractivity contribution is 5.83. The third kappa shape index (κ3) is 1.46. The minimum absolute atomic E-state index is 0.293. The lowest BCUT2D eigenvalue weighted by Crippen LogP contribution is -2.02. The molecule has 0 bridgehead atoms. The summed E-state index contributed by atoms with van der Waals surface area (Å²) >= 11 is 0. The first-order chi connectivity index (χ1) is 6.25.